The number of aliphatic hydroxyl groups excluding tert-OH is 1. The number of aliphatic hydroxyl groups is 1. The minimum absolute atomic E-state index is 0.183. The Kier molecular flexibility index (Phi) is 3.44. The highest BCUT2D eigenvalue weighted by molar-refractivity contribution is 5.99. The number of rotatable bonds is 2. The van der Waals surface area contributed by atoms with Gasteiger partial charge in [0.25, 0.3) is 0 Å². The first-order valence-corrected chi connectivity index (χ1v) is 2.66. The molecule has 0 aliphatic carbocycles. The van der Waals surface area contributed by atoms with E-state index in [0.29, 0.717) is 0 Å². The van der Waals surface area contributed by atoms with Crippen molar-refractivity contribution in [3.05, 3.63) is 24.0 Å². The quantitative estimate of drug-likeness (QED) is 0.450. The Labute approximate surface area is 54.5 Å². The summed E-state index contributed by atoms with van der Waals surface area (Å²) in [5, 5.41) is 8.12. The number of ketones is 1. The van der Waals surface area contributed by atoms with Crippen LogP contribution in [0.3, 0.4) is 0 Å². The number of carbonyl (C=O) groups excluding carboxylic acids is 1. The van der Waals surface area contributed by atoms with E-state index in [0.717, 1.165) is 17.9 Å². The van der Waals surface area contributed by atoms with Crippen LogP contribution < -0.4 is 0 Å². The van der Waals surface area contributed by atoms with Crippen molar-refractivity contribution < 1.29 is 9.90 Å². The van der Waals surface area contributed by atoms with E-state index >= 15 is 0 Å². The van der Waals surface area contributed by atoms with Gasteiger partial charge in [0.15, 0.2) is 5.78 Å². The van der Waals surface area contributed by atoms with Crippen LogP contribution in [0.4, 0.5) is 0 Å². The molecule has 0 fully saturated rings. The number of hydrogen-bond donors (Lipinski definition) is 1. The lowest BCUT2D eigenvalue weighted by Crippen LogP contribution is -1.85. The van der Waals surface area contributed by atoms with E-state index in [-0.39, 0.29) is 5.78 Å². The van der Waals surface area contributed by atoms with E-state index in [1.165, 1.54) is 6.08 Å². The van der Waals surface area contributed by atoms with E-state index in [2.05, 4.69) is 0 Å². The maximum absolute atomic E-state index is 10.5. The zero-order chi connectivity index (χ0) is 7.28. The Balaban J connectivity index is 3.93. The third-order valence-corrected chi connectivity index (χ3v) is 0.670. The first-order chi connectivity index (χ1) is 4.16. The maximum Gasteiger partial charge on any atom is 0.181 e. The molecule has 0 saturated carbocycles. The molecule has 0 spiro atoms. The van der Waals surface area contributed by atoms with Crippen molar-refractivity contribution in [1.29, 1.82) is 0 Å². The summed E-state index contributed by atoms with van der Waals surface area (Å²) in [4.78, 5) is 10.5. The molecular formula is C7H10O2. The topological polar surface area (TPSA) is 37.3 Å². The summed E-state index contributed by atoms with van der Waals surface area (Å²) >= 11 is 0. The van der Waals surface area contributed by atoms with Crippen LogP contribution in [0.2, 0.25) is 0 Å². The first-order valence-electron chi connectivity index (χ1n) is 2.66. The van der Waals surface area contributed by atoms with E-state index in [9.17, 15) is 4.79 Å². The predicted octanol–water partition coefficient (Wildman–Crippen LogP) is 1.59. The van der Waals surface area contributed by atoms with Gasteiger partial charge in [-0.1, -0.05) is 5.57 Å². The van der Waals surface area contributed by atoms with Crippen LogP contribution in [-0.2, 0) is 4.79 Å². The van der Waals surface area contributed by atoms with Gasteiger partial charge in [-0.15, -0.1) is 0 Å². The third-order valence-electron chi connectivity index (χ3n) is 0.670. The zero-order valence-corrected chi connectivity index (χ0v) is 5.59. The standard InChI is InChI=1S/C7H10O2/c1-6(2)5-7(9)3-4-8/h3-5,8H,1-2H3/b4-3+. The minimum Gasteiger partial charge on any atom is -0.515 e. The van der Waals surface area contributed by atoms with Gasteiger partial charge in [0.1, 0.15) is 0 Å². The van der Waals surface area contributed by atoms with Crippen molar-refractivity contribution >= 4 is 5.78 Å². The first kappa shape index (κ1) is 7.95. The van der Waals surface area contributed by atoms with Crippen LogP contribution in [0.1, 0.15) is 13.8 Å². The van der Waals surface area contributed by atoms with E-state index in [1.807, 2.05) is 13.8 Å². The van der Waals surface area contributed by atoms with Crippen LogP contribution in [0.15, 0.2) is 24.0 Å². The van der Waals surface area contributed by atoms with Crippen LogP contribution in [-0.4, -0.2) is 10.9 Å². The molecule has 0 aliphatic rings. The van der Waals surface area contributed by atoms with Crippen molar-refractivity contribution in [1.82, 2.24) is 0 Å². The second-order valence-electron chi connectivity index (χ2n) is 1.94. The molecule has 0 radical (unpaired) electrons. The summed E-state index contributed by atoms with van der Waals surface area (Å²) in [6, 6.07) is 0. The van der Waals surface area contributed by atoms with Gasteiger partial charge in [0, 0.05) is 6.08 Å². The fourth-order valence-corrected chi connectivity index (χ4v) is 0.406. The molecular weight excluding hydrogens is 116 g/mol. The fraction of sp³-hybridized carbons (Fsp3) is 0.286. The third kappa shape index (κ3) is 4.81. The highest BCUT2D eigenvalue weighted by Crippen LogP contribution is 1.89. The molecule has 0 aliphatic heterocycles. The average molecular weight is 126 g/mol. The second kappa shape index (κ2) is 3.89. The van der Waals surface area contributed by atoms with Crippen molar-refractivity contribution in [3.8, 4) is 0 Å². The fourth-order valence-electron chi connectivity index (χ4n) is 0.406. The Morgan fingerprint density at radius 2 is 2.00 bits per heavy atom. The molecule has 0 bridgehead atoms. The molecule has 2 heteroatoms. The SMILES string of the molecule is CC(C)=CC(=O)/C=C/O. The molecule has 1 N–H and O–H groups in total. The van der Waals surface area contributed by atoms with Gasteiger partial charge in [-0.25, -0.2) is 0 Å². The van der Waals surface area contributed by atoms with E-state index in [4.69, 9.17) is 5.11 Å². The predicted molar refractivity (Wildman–Crippen MR) is 36.2 cm³/mol. The molecule has 0 aromatic carbocycles. The molecule has 0 heterocycles. The number of carbonyl (C=O) groups is 1. The smallest absolute Gasteiger partial charge is 0.181 e. The molecule has 50 valence electrons. The summed E-state index contributed by atoms with van der Waals surface area (Å²) in [5.41, 5.74) is 0.929. The Bertz CT molecular complexity index is 150. The lowest BCUT2D eigenvalue weighted by Gasteiger charge is -1.83. The Morgan fingerprint density at radius 1 is 1.44 bits per heavy atom. The molecule has 2 nitrogen and oxygen atoms in total. The summed E-state index contributed by atoms with van der Waals surface area (Å²) in [6.07, 6.45) is 3.29. The Morgan fingerprint density at radius 3 is 2.33 bits per heavy atom. The van der Waals surface area contributed by atoms with Crippen molar-refractivity contribution in [2.75, 3.05) is 0 Å². The monoisotopic (exact) mass is 126 g/mol. The van der Waals surface area contributed by atoms with Crippen molar-refractivity contribution in [3.63, 3.8) is 0 Å². The van der Waals surface area contributed by atoms with Crippen molar-refractivity contribution in [2.45, 2.75) is 13.8 Å². The minimum atomic E-state index is -0.183. The summed E-state index contributed by atoms with van der Waals surface area (Å²) < 4.78 is 0. The zero-order valence-electron chi connectivity index (χ0n) is 5.59. The van der Waals surface area contributed by atoms with Crippen LogP contribution in [0.25, 0.3) is 0 Å². The van der Waals surface area contributed by atoms with E-state index in [1.54, 1.807) is 0 Å². The number of hydrogen-bond acceptors (Lipinski definition) is 2. The van der Waals surface area contributed by atoms with Gasteiger partial charge >= 0.3 is 0 Å². The van der Waals surface area contributed by atoms with E-state index < -0.39 is 0 Å². The van der Waals surface area contributed by atoms with Crippen LogP contribution in [0.5, 0.6) is 0 Å². The number of allylic oxidation sites excluding steroid dienone is 3. The normalized spacial score (nSPS) is 9.56. The molecule has 9 heavy (non-hydrogen) atoms. The summed E-state index contributed by atoms with van der Waals surface area (Å²) in [7, 11) is 0. The second-order valence-corrected chi connectivity index (χ2v) is 1.94. The molecule has 0 atom stereocenters. The largest absolute Gasteiger partial charge is 0.515 e. The molecule has 0 amide bonds. The summed E-state index contributed by atoms with van der Waals surface area (Å²) in [6.45, 7) is 3.65. The van der Waals surface area contributed by atoms with Crippen molar-refractivity contribution in [2.24, 2.45) is 0 Å². The van der Waals surface area contributed by atoms with Gasteiger partial charge in [0.2, 0.25) is 0 Å². The molecule has 0 unspecified atom stereocenters. The lowest BCUT2D eigenvalue weighted by atomic mass is 10.2. The highest BCUT2D eigenvalue weighted by Gasteiger charge is 1.86. The highest BCUT2D eigenvalue weighted by atomic mass is 16.2. The van der Waals surface area contributed by atoms with Gasteiger partial charge in [0.05, 0.1) is 6.26 Å². The molecule has 0 aromatic heterocycles. The van der Waals surface area contributed by atoms with Gasteiger partial charge < -0.3 is 5.11 Å². The lowest BCUT2D eigenvalue weighted by molar-refractivity contribution is -0.110. The van der Waals surface area contributed by atoms with Gasteiger partial charge in [-0.2, -0.15) is 0 Å². The molecule has 0 rings (SSSR count). The molecule has 0 saturated heterocycles. The summed E-state index contributed by atoms with van der Waals surface area (Å²) in [5.74, 6) is -0.183. The van der Waals surface area contributed by atoms with Crippen LogP contribution >= 0.6 is 0 Å². The van der Waals surface area contributed by atoms with Crippen LogP contribution in [0, 0.1) is 0 Å². The van der Waals surface area contributed by atoms with Gasteiger partial charge in [-0.3, -0.25) is 4.79 Å². The maximum atomic E-state index is 10.5. The Hall–Kier alpha value is -1.05. The van der Waals surface area contributed by atoms with Gasteiger partial charge in [-0.05, 0) is 19.9 Å². The average Bonchev–Trinajstić information content (AvgIpc) is 1.63. The molecule has 0 aromatic rings.